The highest BCUT2D eigenvalue weighted by Crippen LogP contribution is 2.34. The van der Waals surface area contributed by atoms with Crippen molar-refractivity contribution < 1.29 is 13.3 Å². The first kappa shape index (κ1) is 23.6. The molecule has 0 radical (unpaired) electrons. The van der Waals surface area contributed by atoms with E-state index in [1.54, 1.807) is 42.9 Å². The van der Waals surface area contributed by atoms with Crippen LogP contribution in [-0.4, -0.2) is 35.8 Å². The van der Waals surface area contributed by atoms with Crippen molar-refractivity contribution in [3.05, 3.63) is 74.7 Å². The monoisotopic (exact) mass is 485 g/mol. The number of benzene rings is 2. The number of nitro benzene ring substituents is 1. The number of hydrogen-bond acceptors (Lipinski definition) is 6. The highest BCUT2D eigenvalue weighted by atomic mass is 32.2. The fraction of sp³-hybridized carbons (Fsp3) is 0.348. The van der Waals surface area contributed by atoms with Crippen LogP contribution >= 0.6 is 0 Å². The molecule has 2 aromatic carbocycles. The molecular formula is C23H27N5O5S. The van der Waals surface area contributed by atoms with Gasteiger partial charge in [0.25, 0.3) is 21.3 Å². The van der Waals surface area contributed by atoms with Crippen LogP contribution in [0.3, 0.4) is 0 Å². The molecule has 0 bridgehead atoms. The van der Waals surface area contributed by atoms with Gasteiger partial charge in [-0.3, -0.25) is 24.3 Å². The molecule has 4 rings (SSSR count). The van der Waals surface area contributed by atoms with E-state index in [0.29, 0.717) is 36.1 Å². The van der Waals surface area contributed by atoms with Crippen molar-refractivity contribution in [1.29, 1.82) is 0 Å². The normalized spacial score (nSPS) is 14.9. The second-order valence-corrected chi connectivity index (χ2v) is 10.3. The molecule has 34 heavy (non-hydrogen) atoms. The lowest BCUT2D eigenvalue weighted by Crippen LogP contribution is -2.33. The van der Waals surface area contributed by atoms with Crippen molar-refractivity contribution >= 4 is 27.1 Å². The van der Waals surface area contributed by atoms with E-state index in [-0.39, 0.29) is 16.3 Å². The van der Waals surface area contributed by atoms with Gasteiger partial charge >= 0.3 is 0 Å². The molecule has 1 fully saturated rings. The number of nitrogens with one attached hydrogen (secondary N) is 1. The van der Waals surface area contributed by atoms with Crippen molar-refractivity contribution in [2.24, 2.45) is 13.0 Å². The SMILES string of the molecule is Cc1c(NS(=O)(=O)c2ccc(N3CCC(C)CC3)c([N+](=O)[O-])c2)c(=O)n(-c2ccccc2)n1C. The third-order valence-corrected chi connectivity index (χ3v) is 7.72. The number of para-hydroxylation sites is 1. The lowest BCUT2D eigenvalue weighted by molar-refractivity contribution is -0.384. The third-order valence-electron chi connectivity index (χ3n) is 6.37. The van der Waals surface area contributed by atoms with Crippen LogP contribution in [0.4, 0.5) is 17.1 Å². The van der Waals surface area contributed by atoms with Crippen LogP contribution in [0, 0.1) is 23.0 Å². The van der Waals surface area contributed by atoms with Crippen molar-refractivity contribution in [3.8, 4) is 5.69 Å². The van der Waals surface area contributed by atoms with Crippen LogP contribution in [0.25, 0.3) is 5.69 Å². The van der Waals surface area contributed by atoms with Gasteiger partial charge in [0, 0.05) is 26.2 Å². The molecular weight excluding hydrogens is 458 g/mol. The zero-order chi connectivity index (χ0) is 24.6. The lowest BCUT2D eigenvalue weighted by atomic mass is 9.98. The maximum Gasteiger partial charge on any atom is 0.296 e. The molecule has 180 valence electrons. The zero-order valence-electron chi connectivity index (χ0n) is 19.3. The minimum absolute atomic E-state index is 0.108. The van der Waals surface area contributed by atoms with Gasteiger partial charge in [-0.1, -0.05) is 25.1 Å². The Bertz CT molecular complexity index is 1390. The summed E-state index contributed by atoms with van der Waals surface area (Å²) in [6.45, 7) is 5.12. The van der Waals surface area contributed by atoms with E-state index in [9.17, 15) is 23.3 Å². The quantitative estimate of drug-likeness (QED) is 0.422. The summed E-state index contributed by atoms with van der Waals surface area (Å²) in [7, 11) is -2.60. The number of anilines is 2. The van der Waals surface area contributed by atoms with Gasteiger partial charge in [0.15, 0.2) is 0 Å². The molecule has 1 aromatic heterocycles. The average Bonchev–Trinajstić information content (AvgIpc) is 3.02. The summed E-state index contributed by atoms with van der Waals surface area (Å²) in [5.41, 5.74) is 0.471. The first-order chi connectivity index (χ1) is 16.1. The molecule has 11 heteroatoms. The molecule has 1 aliphatic rings. The maximum absolute atomic E-state index is 13.2. The van der Waals surface area contributed by atoms with Gasteiger partial charge in [-0.05, 0) is 49.9 Å². The molecule has 1 saturated heterocycles. The van der Waals surface area contributed by atoms with Gasteiger partial charge in [-0.15, -0.1) is 0 Å². The zero-order valence-corrected chi connectivity index (χ0v) is 20.1. The first-order valence-corrected chi connectivity index (χ1v) is 12.5. The Morgan fingerprint density at radius 2 is 1.74 bits per heavy atom. The fourth-order valence-corrected chi connectivity index (χ4v) is 5.35. The number of hydrogen-bond donors (Lipinski definition) is 1. The molecule has 0 saturated carbocycles. The molecule has 0 atom stereocenters. The van der Waals surface area contributed by atoms with Crippen LogP contribution in [-0.2, 0) is 17.1 Å². The average molecular weight is 486 g/mol. The Balaban J connectivity index is 1.70. The molecule has 1 aliphatic heterocycles. The van der Waals surface area contributed by atoms with Crippen molar-refractivity contribution in [2.45, 2.75) is 31.6 Å². The second kappa shape index (κ2) is 8.98. The Hall–Kier alpha value is -3.60. The molecule has 0 unspecified atom stereocenters. The Labute approximate surface area is 197 Å². The van der Waals surface area contributed by atoms with E-state index in [4.69, 9.17) is 0 Å². The second-order valence-electron chi connectivity index (χ2n) is 8.62. The van der Waals surface area contributed by atoms with Crippen molar-refractivity contribution in [3.63, 3.8) is 0 Å². The fourth-order valence-electron chi connectivity index (χ4n) is 4.21. The summed E-state index contributed by atoms with van der Waals surface area (Å²) in [6.07, 6.45) is 1.83. The number of piperidine rings is 1. The summed E-state index contributed by atoms with van der Waals surface area (Å²) < 4.78 is 31.6. The summed E-state index contributed by atoms with van der Waals surface area (Å²) in [5.74, 6) is 0.549. The Kier molecular flexibility index (Phi) is 6.22. The number of rotatable bonds is 6. The predicted octanol–water partition coefficient (Wildman–Crippen LogP) is 3.43. The summed E-state index contributed by atoms with van der Waals surface area (Å²) in [4.78, 5) is 25.9. The van der Waals surface area contributed by atoms with Crippen molar-refractivity contribution in [1.82, 2.24) is 9.36 Å². The molecule has 0 amide bonds. The third kappa shape index (κ3) is 4.30. The molecule has 0 aliphatic carbocycles. The first-order valence-electron chi connectivity index (χ1n) is 11.0. The Morgan fingerprint density at radius 1 is 1.09 bits per heavy atom. The number of aromatic nitrogens is 2. The summed E-state index contributed by atoms with van der Waals surface area (Å²) in [6, 6.07) is 12.7. The minimum atomic E-state index is -4.26. The van der Waals surface area contributed by atoms with Gasteiger partial charge in [-0.25, -0.2) is 13.1 Å². The number of sulfonamides is 1. The van der Waals surface area contributed by atoms with Gasteiger partial charge in [0.1, 0.15) is 11.4 Å². The van der Waals surface area contributed by atoms with Crippen LogP contribution in [0.2, 0.25) is 0 Å². The van der Waals surface area contributed by atoms with Gasteiger partial charge in [0.2, 0.25) is 0 Å². The van der Waals surface area contributed by atoms with Crippen LogP contribution in [0.1, 0.15) is 25.5 Å². The van der Waals surface area contributed by atoms with E-state index in [1.165, 1.54) is 16.8 Å². The Morgan fingerprint density at radius 3 is 2.35 bits per heavy atom. The molecule has 1 N–H and O–H groups in total. The van der Waals surface area contributed by atoms with Crippen LogP contribution in [0.15, 0.2) is 58.2 Å². The molecule has 3 aromatic rings. The largest absolute Gasteiger partial charge is 0.366 e. The van der Waals surface area contributed by atoms with Gasteiger partial charge < -0.3 is 4.90 Å². The number of nitrogens with zero attached hydrogens (tertiary/aromatic N) is 4. The van der Waals surface area contributed by atoms with E-state index in [1.807, 2.05) is 11.0 Å². The molecule has 10 nitrogen and oxygen atoms in total. The van der Waals surface area contributed by atoms with E-state index in [0.717, 1.165) is 18.9 Å². The van der Waals surface area contributed by atoms with E-state index in [2.05, 4.69) is 11.6 Å². The van der Waals surface area contributed by atoms with Crippen molar-refractivity contribution in [2.75, 3.05) is 22.7 Å². The van der Waals surface area contributed by atoms with Gasteiger partial charge in [-0.2, -0.15) is 0 Å². The molecule has 2 heterocycles. The summed E-state index contributed by atoms with van der Waals surface area (Å²) >= 11 is 0. The lowest BCUT2D eigenvalue weighted by Gasteiger charge is -2.31. The van der Waals surface area contributed by atoms with Crippen LogP contribution in [0.5, 0.6) is 0 Å². The minimum Gasteiger partial charge on any atom is -0.366 e. The summed E-state index contributed by atoms with van der Waals surface area (Å²) in [5, 5.41) is 11.8. The number of nitro groups is 1. The topological polar surface area (TPSA) is 119 Å². The predicted molar refractivity (Wildman–Crippen MR) is 130 cm³/mol. The van der Waals surface area contributed by atoms with Gasteiger partial charge in [0.05, 0.1) is 21.2 Å². The van der Waals surface area contributed by atoms with E-state index < -0.39 is 20.5 Å². The highest BCUT2D eigenvalue weighted by Gasteiger charge is 2.28. The smallest absolute Gasteiger partial charge is 0.296 e. The standard InChI is InChI=1S/C23H27N5O5S/c1-16-11-13-26(14-12-16)20-10-9-19(15-21(20)28(30)31)34(32,33)24-22-17(2)25(3)27(23(22)29)18-7-5-4-6-8-18/h4-10,15-16,24H,11-14H2,1-3H3. The highest BCUT2D eigenvalue weighted by molar-refractivity contribution is 7.92. The maximum atomic E-state index is 13.2. The van der Waals surface area contributed by atoms with E-state index >= 15 is 0 Å². The molecule has 0 spiro atoms. The van der Waals surface area contributed by atoms with Crippen LogP contribution < -0.4 is 15.2 Å².